The van der Waals surface area contributed by atoms with E-state index in [1.165, 1.54) is 33.5 Å². The van der Waals surface area contributed by atoms with Gasteiger partial charge >= 0.3 is 0 Å². The summed E-state index contributed by atoms with van der Waals surface area (Å²) in [5.41, 5.74) is -0.119. The van der Waals surface area contributed by atoms with Gasteiger partial charge in [0.2, 0.25) is 5.75 Å². The van der Waals surface area contributed by atoms with Crippen LogP contribution in [-0.4, -0.2) is 27.2 Å². The molecule has 0 fully saturated rings. The molecule has 0 aromatic heterocycles. The molecule has 7 heteroatoms. The highest BCUT2D eigenvalue weighted by molar-refractivity contribution is 6.04. The molecule has 0 unspecified atom stereocenters. The van der Waals surface area contributed by atoms with Crippen LogP contribution >= 0.6 is 0 Å². The van der Waals surface area contributed by atoms with E-state index in [-0.39, 0.29) is 5.69 Å². The predicted octanol–water partition coefficient (Wildman–Crippen LogP) is 3.24. The average molecular weight is 323 g/mol. The van der Waals surface area contributed by atoms with Gasteiger partial charge in [-0.05, 0) is 18.2 Å². The number of amides is 1. The highest BCUT2D eigenvalue weighted by atomic mass is 19.1. The van der Waals surface area contributed by atoms with Gasteiger partial charge in [-0.3, -0.25) is 4.79 Å². The van der Waals surface area contributed by atoms with E-state index in [1.54, 1.807) is 0 Å². The van der Waals surface area contributed by atoms with Gasteiger partial charge in [-0.15, -0.1) is 0 Å². The Morgan fingerprint density at radius 3 is 2.09 bits per heavy atom. The van der Waals surface area contributed by atoms with E-state index in [9.17, 15) is 13.6 Å². The standard InChI is InChI=1S/C16H15F2NO4/c1-21-13-7-10(8-14(22-2)15(13)23-3)19-16(20)11-6-9(17)4-5-12(11)18/h4-8H,1-3H3,(H,19,20). The van der Waals surface area contributed by atoms with Crippen LogP contribution in [0.15, 0.2) is 30.3 Å². The van der Waals surface area contributed by atoms with Crippen LogP contribution in [0.4, 0.5) is 14.5 Å². The van der Waals surface area contributed by atoms with E-state index in [1.807, 2.05) is 0 Å². The second-order valence-electron chi connectivity index (χ2n) is 4.49. The fraction of sp³-hybridized carbons (Fsp3) is 0.188. The molecule has 23 heavy (non-hydrogen) atoms. The first kappa shape index (κ1) is 16.5. The second-order valence-corrected chi connectivity index (χ2v) is 4.49. The summed E-state index contributed by atoms with van der Waals surface area (Å²) in [6.07, 6.45) is 0. The summed E-state index contributed by atoms with van der Waals surface area (Å²) in [4.78, 5) is 12.1. The molecule has 2 aromatic carbocycles. The Labute approximate surface area is 131 Å². The molecule has 0 spiro atoms. The number of hydrogen-bond acceptors (Lipinski definition) is 4. The number of nitrogens with one attached hydrogen (secondary N) is 1. The summed E-state index contributed by atoms with van der Waals surface area (Å²) in [7, 11) is 4.30. The minimum Gasteiger partial charge on any atom is -0.493 e. The van der Waals surface area contributed by atoms with Gasteiger partial charge in [0.05, 0.1) is 26.9 Å². The zero-order chi connectivity index (χ0) is 17.0. The summed E-state index contributed by atoms with van der Waals surface area (Å²) < 4.78 is 42.3. The van der Waals surface area contributed by atoms with Gasteiger partial charge in [0.25, 0.3) is 5.91 Å². The number of methoxy groups -OCH3 is 3. The molecule has 0 aliphatic heterocycles. The van der Waals surface area contributed by atoms with Gasteiger partial charge in [0.1, 0.15) is 11.6 Å². The van der Waals surface area contributed by atoms with Gasteiger partial charge in [-0.1, -0.05) is 0 Å². The molecule has 0 heterocycles. The number of halogens is 2. The van der Waals surface area contributed by atoms with Crippen molar-refractivity contribution in [2.75, 3.05) is 26.6 Å². The van der Waals surface area contributed by atoms with Gasteiger partial charge < -0.3 is 19.5 Å². The van der Waals surface area contributed by atoms with Gasteiger partial charge in [0.15, 0.2) is 11.5 Å². The Morgan fingerprint density at radius 2 is 1.57 bits per heavy atom. The molecular formula is C16H15F2NO4. The largest absolute Gasteiger partial charge is 0.493 e. The van der Waals surface area contributed by atoms with Crippen molar-refractivity contribution in [1.82, 2.24) is 0 Å². The highest BCUT2D eigenvalue weighted by Crippen LogP contribution is 2.40. The molecular weight excluding hydrogens is 308 g/mol. The Kier molecular flexibility index (Phi) is 5.00. The number of ether oxygens (including phenoxy) is 3. The molecule has 0 saturated carbocycles. The fourth-order valence-corrected chi connectivity index (χ4v) is 2.02. The summed E-state index contributed by atoms with van der Waals surface area (Å²) in [5.74, 6) is -1.33. The first-order chi connectivity index (χ1) is 11.0. The molecule has 5 nitrogen and oxygen atoms in total. The van der Waals surface area contributed by atoms with Gasteiger partial charge in [0, 0.05) is 17.8 Å². The van der Waals surface area contributed by atoms with E-state index >= 15 is 0 Å². The minimum atomic E-state index is -0.823. The van der Waals surface area contributed by atoms with Gasteiger partial charge in [-0.2, -0.15) is 0 Å². The molecule has 0 aliphatic carbocycles. The van der Waals surface area contributed by atoms with Crippen LogP contribution in [-0.2, 0) is 0 Å². The summed E-state index contributed by atoms with van der Waals surface area (Å²) in [6.45, 7) is 0. The topological polar surface area (TPSA) is 56.8 Å². The quantitative estimate of drug-likeness (QED) is 0.918. The molecule has 0 aliphatic rings. The number of benzene rings is 2. The van der Waals surface area contributed by atoms with Crippen molar-refractivity contribution >= 4 is 11.6 Å². The molecule has 1 N–H and O–H groups in total. The molecule has 0 atom stereocenters. The van der Waals surface area contributed by atoms with Crippen LogP contribution in [0.1, 0.15) is 10.4 Å². The third kappa shape index (κ3) is 3.50. The van der Waals surface area contributed by atoms with Crippen molar-refractivity contribution in [3.63, 3.8) is 0 Å². The summed E-state index contributed by atoms with van der Waals surface area (Å²) in [6, 6.07) is 5.61. The van der Waals surface area contributed by atoms with Crippen LogP contribution in [0.5, 0.6) is 17.2 Å². The third-order valence-corrected chi connectivity index (χ3v) is 3.10. The minimum absolute atomic E-state index is 0.285. The Bertz CT molecular complexity index is 709. The molecule has 0 bridgehead atoms. The number of anilines is 1. The predicted molar refractivity (Wildman–Crippen MR) is 80.4 cm³/mol. The average Bonchev–Trinajstić information content (AvgIpc) is 2.55. The monoisotopic (exact) mass is 323 g/mol. The first-order valence-corrected chi connectivity index (χ1v) is 6.56. The number of carbonyl (C=O) groups excluding carboxylic acids is 1. The highest BCUT2D eigenvalue weighted by Gasteiger charge is 2.17. The molecule has 2 aromatic rings. The van der Waals surface area contributed by atoms with E-state index in [4.69, 9.17) is 14.2 Å². The zero-order valence-corrected chi connectivity index (χ0v) is 12.8. The van der Waals surface area contributed by atoms with Crippen molar-refractivity contribution in [3.05, 3.63) is 47.5 Å². The van der Waals surface area contributed by atoms with Crippen molar-refractivity contribution in [2.24, 2.45) is 0 Å². The van der Waals surface area contributed by atoms with Crippen LogP contribution in [0.25, 0.3) is 0 Å². The summed E-state index contributed by atoms with van der Waals surface area (Å²) >= 11 is 0. The first-order valence-electron chi connectivity index (χ1n) is 6.56. The lowest BCUT2D eigenvalue weighted by molar-refractivity contribution is 0.102. The van der Waals surface area contributed by atoms with E-state index in [0.717, 1.165) is 18.2 Å². The van der Waals surface area contributed by atoms with E-state index in [0.29, 0.717) is 17.2 Å². The Hall–Kier alpha value is -2.83. The molecule has 2 rings (SSSR count). The maximum atomic E-state index is 13.6. The Morgan fingerprint density at radius 1 is 0.957 bits per heavy atom. The smallest absolute Gasteiger partial charge is 0.258 e. The van der Waals surface area contributed by atoms with Crippen LogP contribution in [0.2, 0.25) is 0 Å². The maximum absolute atomic E-state index is 13.6. The van der Waals surface area contributed by atoms with Crippen molar-refractivity contribution < 1.29 is 27.8 Å². The third-order valence-electron chi connectivity index (χ3n) is 3.10. The SMILES string of the molecule is COc1cc(NC(=O)c2cc(F)ccc2F)cc(OC)c1OC. The number of carbonyl (C=O) groups is 1. The second kappa shape index (κ2) is 6.95. The molecule has 0 radical (unpaired) electrons. The molecule has 122 valence electrons. The van der Waals surface area contributed by atoms with Crippen LogP contribution < -0.4 is 19.5 Å². The van der Waals surface area contributed by atoms with Crippen LogP contribution in [0, 0.1) is 11.6 Å². The molecule has 0 saturated heterocycles. The van der Waals surface area contributed by atoms with Crippen molar-refractivity contribution in [1.29, 1.82) is 0 Å². The zero-order valence-electron chi connectivity index (χ0n) is 12.8. The molecule has 1 amide bonds. The lowest BCUT2D eigenvalue weighted by Crippen LogP contribution is -2.14. The Balaban J connectivity index is 2.36. The normalized spacial score (nSPS) is 10.1. The number of hydrogen-bond donors (Lipinski definition) is 1. The van der Waals surface area contributed by atoms with Crippen molar-refractivity contribution in [2.45, 2.75) is 0 Å². The van der Waals surface area contributed by atoms with Crippen LogP contribution in [0.3, 0.4) is 0 Å². The van der Waals surface area contributed by atoms with E-state index in [2.05, 4.69) is 5.32 Å². The summed E-state index contributed by atoms with van der Waals surface area (Å²) in [5, 5.41) is 2.47. The fourth-order valence-electron chi connectivity index (χ4n) is 2.02. The lowest BCUT2D eigenvalue weighted by atomic mass is 10.2. The van der Waals surface area contributed by atoms with Gasteiger partial charge in [-0.25, -0.2) is 8.78 Å². The maximum Gasteiger partial charge on any atom is 0.258 e. The van der Waals surface area contributed by atoms with E-state index < -0.39 is 23.1 Å². The van der Waals surface area contributed by atoms with Crippen molar-refractivity contribution in [3.8, 4) is 17.2 Å². The number of rotatable bonds is 5. The lowest BCUT2D eigenvalue weighted by Gasteiger charge is -2.14.